The minimum Gasteiger partial charge on any atom is -0.481 e. The molecule has 0 aromatic carbocycles. The molecule has 2 amide bonds. The predicted molar refractivity (Wildman–Crippen MR) is 80.4 cm³/mol. The number of furan rings is 1. The highest BCUT2D eigenvalue weighted by Gasteiger charge is 2.30. The van der Waals surface area contributed by atoms with E-state index in [1.165, 1.54) is 0 Å². The van der Waals surface area contributed by atoms with Crippen molar-refractivity contribution in [1.82, 2.24) is 9.80 Å². The Labute approximate surface area is 128 Å². The molecule has 1 atom stereocenters. The Kier molecular flexibility index (Phi) is 5.17. The number of rotatable bonds is 4. The minimum atomic E-state index is -0.867. The molecule has 1 saturated heterocycles. The molecule has 1 aliphatic rings. The van der Waals surface area contributed by atoms with Crippen molar-refractivity contribution in [3.05, 3.63) is 23.7 Å². The van der Waals surface area contributed by atoms with Crippen LogP contribution in [0, 0.1) is 6.92 Å². The van der Waals surface area contributed by atoms with Crippen molar-refractivity contribution in [3.63, 3.8) is 0 Å². The predicted octanol–water partition coefficient (Wildman–Crippen LogP) is 2.03. The van der Waals surface area contributed by atoms with Gasteiger partial charge in [0, 0.05) is 30.7 Å². The number of carboxylic acids is 1. The molecule has 6 nitrogen and oxygen atoms in total. The second-order valence-electron chi connectivity index (χ2n) is 5.16. The van der Waals surface area contributed by atoms with Crippen LogP contribution in [0.25, 0.3) is 0 Å². The Morgan fingerprint density at radius 2 is 2.33 bits per heavy atom. The highest BCUT2D eigenvalue weighted by molar-refractivity contribution is 7.99. The third kappa shape index (κ3) is 3.93. The van der Waals surface area contributed by atoms with Crippen molar-refractivity contribution in [1.29, 1.82) is 0 Å². The highest BCUT2D eigenvalue weighted by Crippen LogP contribution is 2.21. The maximum Gasteiger partial charge on any atom is 0.320 e. The lowest BCUT2D eigenvalue weighted by Gasteiger charge is -2.37. The summed E-state index contributed by atoms with van der Waals surface area (Å²) in [5.74, 6) is 1.46. The normalized spacial score (nSPS) is 18.6. The lowest BCUT2D eigenvalue weighted by molar-refractivity contribution is -0.138. The fourth-order valence-electron chi connectivity index (χ4n) is 2.40. The molecular weight excluding hydrogens is 292 g/mol. The van der Waals surface area contributed by atoms with Crippen molar-refractivity contribution in [3.8, 4) is 0 Å². The third-order valence-corrected chi connectivity index (χ3v) is 4.68. The third-order valence-electron chi connectivity index (χ3n) is 3.58. The summed E-state index contributed by atoms with van der Waals surface area (Å²) >= 11 is 1.69. The van der Waals surface area contributed by atoms with Gasteiger partial charge in [-0.15, -0.1) is 0 Å². The summed E-state index contributed by atoms with van der Waals surface area (Å²) in [6.07, 6.45) is 1.60. The summed E-state index contributed by atoms with van der Waals surface area (Å²) in [6.45, 7) is 2.92. The van der Waals surface area contributed by atoms with Gasteiger partial charge in [-0.3, -0.25) is 4.79 Å². The van der Waals surface area contributed by atoms with E-state index in [9.17, 15) is 9.59 Å². The van der Waals surface area contributed by atoms with Crippen LogP contribution in [-0.2, 0) is 11.3 Å². The number of aryl methyl sites for hydroxylation is 1. The number of aliphatic carboxylic acids is 1. The average Bonchev–Trinajstić information content (AvgIpc) is 2.83. The first-order valence-corrected chi connectivity index (χ1v) is 7.98. The first kappa shape index (κ1) is 15.8. The number of carboxylic acid groups (broad SMARTS) is 1. The second-order valence-corrected chi connectivity index (χ2v) is 6.31. The number of carbonyl (C=O) groups excluding carboxylic acids is 1. The van der Waals surface area contributed by atoms with Crippen molar-refractivity contribution in [2.75, 3.05) is 25.1 Å². The SMILES string of the molecule is Cc1occc1CN(C)C(=O)N1CCSCC1CC(=O)O. The number of hydrogen-bond donors (Lipinski definition) is 1. The summed E-state index contributed by atoms with van der Waals surface area (Å²) < 4.78 is 5.23. The van der Waals surface area contributed by atoms with Gasteiger partial charge in [0.15, 0.2) is 0 Å². The van der Waals surface area contributed by atoms with Crippen LogP contribution < -0.4 is 0 Å². The fraction of sp³-hybridized carbons (Fsp3) is 0.571. The number of amides is 2. The first-order valence-electron chi connectivity index (χ1n) is 6.83. The van der Waals surface area contributed by atoms with Crippen LogP contribution in [0.1, 0.15) is 17.7 Å². The largest absolute Gasteiger partial charge is 0.481 e. The van der Waals surface area contributed by atoms with Crippen LogP contribution in [0.15, 0.2) is 16.7 Å². The van der Waals surface area contributed by atoms with Crippen LogP contribution >= 0.6 is 11.8 Å². The van der Waals surface area contributed by atoms with Crippen molar-refractivity contribution in [2.45, 2.75) is 25.9 Å². The summed E-state index contributed by atoms with van der Waals surface area (Å²) in [4.78, 5) is 26.8. The van der Waals surface area contributed by atoms with Gasteiger partial charge in [-0.1, -0.05) is 0 Å². The molecule has 1 N–H and O–H groups in total. The van der Waals surface area contributed by atoms with Crippen LogP contribution in [0.2, 0.25) is 0 Å². The topological polar surface area (TPSA) is 74.0 Å². The van der Waals surface area contributed by atoms with E-state index >= 15 is 0 Å². The Hall–Kier alpha value is -1.63. The molecule has 2 heterocycles. The Morgan fingerprint density at radius 1 is 1.57 bits per heavy atom. The van der Waals surface area contributed by atoms with Gasteiger partial charge in [0.2, 0.25) is 0 Å². The van der Waals surface area contributed by atoms with Crippen LogP contribution in [-0.4, -0.2) is 58.0 Å². The number of thioether (sulfide) groups is 1. The molecule has 1 aromatic heterocycles. The Morgan fingerprint density at radius 3 is 2.95 bits per heavy atom. The number of hydrogen-bond acceptors (Lipinski definition) is 4. The van der Waals surface area contributed by atoms with E-state index in [0.717, 1.165) is 17.1 Å². The molecule has 1 aromatic rings. The Balaban J connectivity index is 2.02. The van der Waals surface area contributed by atoms with E-state index in [1.54, 1.807) is 34.9 Å². The van der Waals surface area contributed by atoms with Gasteiger partial charge >= 0.3 is 12.0 Å². The van der Waals surface area contributed by atoms with Gasteiger partial charge in [-0.05, 0) is 13.0 Å². The van der Waals surface area contributed by atoms with E-state index in [-0.39, 0.29) is 18.5 Å². The zero-order chi connectivity index (χ0) is 15.4. The van der Waals surface area contributed by atoms with E-state index in [4.69, 9.17) is 9.52 Å². The zero-order valence-corrected chi connectivity index (χ0v) is 13.1. The molecule has 0 aliphatic carbocycles. The highest BCUT2D eigenvalue weighted by atomic mass is 32.2. The van der Waals surface area contributed by atoms with Gasteiger partial charge in [0.05, 0.1) is 25.3 Å². The molecule has 0 bridgehead atoms. The van der Waals surface area contributed by atoms with E-state index in [2.05, 4.69) is 0 Å². The molecule has 1 fully saturated rings. The second kappa shape index (κ2) is 6.89. The van der Waals surface area contributed by atoms with Gasteiger partial charge < -0.3 is 19.3 Å². The van der Waals surface area contributed by atoms with Gasteiger partial charge in [-0.25, -0.2) is 4.79 Å². The standard InChI is InChI=1S/C14H20N2O4S/c1-10-11(3-5-20-10)8-15(2)14(19)16-4-6-21-9-12(16)7-13(17)18/h3,5,12H,4,6-9H2,1-2H3,(H,17,18). The maximum atomic E-state index is 12.5. The lowest BCUT2D eigenvalue weighted by atomic mass is 10.2. The maximum absolute atomic E-state index is 12.5. The summed E-state index contributed by atoms with van der Waals surface area (Å²) in [6, 6.07) is 1.49. The van der Waals surface area contributed by atoms with Crippen molar-refractivity contribution >= 4 is 23.8 Å². The zero-order valence-electron chi connectivity index (χ0n) is 12.2. The van der Waals surface area contributed by atoms with Gasteiger partial charge in [0.1, 0.15) is 5.76 Å². The monoisotopic (exact) mass is 312 g/mol. The van der Waals surface area contributed by atoms with E-state index in [0.29, 0.717) is 18.8 Å². The number of carbonyl (C=O) groups is 2. The molecule has 21 heavy (non-hydrogen) atoms. The quantitative estimate of drug-likeness (QED) is 0.921. The minimum absolute atomic E-state index is 0.00266. The lowest BCUT2D eigenvalue weighted by Crippen LogP contribution is -2.51. The number of urea groups is 1. The summed E-state index contributed by atoms with van der Waals surface area (Å²) in [5.41, 5.74) is 0.965. The molecule has 0 saturated carbocycles. The summed E-state index contributed by atoms with van der Waals surface area (Å²) in [5, 5.41) is 8.97. The van der Waals surface area contributed by atoms with Crippen LogP contribution in [0.5, 0.6) is 0 Å². The van der Waals surface area contributed by atoms with E-state index < -0.39 is 5.97 Å². The summed E-state index contributed by atoms with van der Waals surface area (Å²) in [7, 11) is 1.73. The molecule has 2 rings (SSSR count). The molecule has 1 unspecified atom stereocenters. The molecular formula is C14H20N2O4S. The van der Waals surface area contributed by atoms with Crippen LogP contribution in [0.3, 0.4) is 0 Å². The first-order chi connectivity index (χ1) is 9.99. The fourth-order valence-corrected chi connectivity index (χ4v) is 3.46. The molecule has 116 valence electrons. The smallest absolute Gasteiger partial charge is 0.320 e. The number of nitrogens with zero attached hydrogens (tertiary/aromatic N) is 2. The molecule has 7 heteroatoms. The van der Waals surface area contributed by atoms with Gasteiger partial charge in [0.25, 0.3) is 0 Å². The van der Waals surface area contributed by atoms with Crippen LogP contribution in [0.4, 0.5) is 4.79 Å². The molecule has 0 spiro atoms. The van der Waals surface area contributed by atoms with Gasteiger partial charge in [-0.2, -0.15) is 11.8 Å². The molecule has 0 radical (unpaired) electrons. The Bertz CT molecular complexity index is 517. The van der Waals surface area contributed by atoms with Crippen molar-refractivity contribution in [2.24, 2.45) is 0 Å². The molecule has 1 aliphatic heterocycles. The average molecular weight is 312 g/mol. The van der Waals surface area contributed by atoms with Crippen molar-refractivity contribution < 1.29 is 19.1 Å². The van der Waals surface area contributed by atoms with E-state index in [1.807, 2.05) is 13.0 Å².